The second kappa shape index (κ2) is 5.92. The Kier molecular flexibility index (Phi) is 4.24. The van der Waals surface area contributed by atoms with Gasteiger partial charge in [0.1, 0.15) is 11.6 Å². The summed E-state index contributed by atoms with van der Waals surface area (Å²) in [7, 11) is 1.50. The second-order valence-electron chi connectivity index (χ2n) is 4.04. The third-order valence-electron chi connectivity index (χ3n) is 2.66. The van der Waals surface area contributed by atoms with Gasteiger partial charge in [-0.2, -0.15) is 0 Å². The maximum absolute atomic E-state index is 13.7. The van der Waals surface area contributed by atoms with Crippen molar-refractivity contribution in [2.45, 2.75) is 0 Å². The van der Waals surface area contributed by atoms with Crippen LogP contribution in [0.3, 0.4) is 0 Å². The number of carbonyl (C=O) groups excluding carboxylic acids is 1. The van der Waals surface area contributed by atoms with Crippen LogP contribution in [0.4, 0.5) is 15.8 Å². The zero-order valence-corrected chi connectivity index (χ0v) is 12.2. The first kappa shape index (κ1) is 14.3. The van der Waals surface area contributed by atoms with Gasteiger partial charge in [-0.15, -0.1) is 0 Å². The van der Waals surface area contributed by atoms with E-state index in [1.807, 2.05) is 0 Å². The van der Waals surface area contributed by atoms with Gasteiger partial charge in [0.25, 0.3) is 5.91 Å². The molecule has 0 saturated carbocycles. The van der Waals surface area contributed by atoms with E-state index in [2.05, 4.69) is 21.2 Å². The van der Waals surface area contributed by atoms with Crippen LogP contribution < -0.4 is 15.8 Å². The molecule has 2 rings (SSSR count). The minimum atomic E-state index is -0.599. The fourth-order valence-corrected chi connectivity index (χ4v) is 2.02. The van der Waals surface area contributed by atoms with Crippen molar-refractivity contribution in [3.8, 4) is 5.75 Å². The summed E-state index contributed by atoms with van der Waals surface area (Å²) in [5.41, 5.74) is 6.56. The Labute approximate surface area is 123 Å². The van der Waals surface area contributed by atoms with Crippen LogP contribution in [0, 0.1) is 5.82 Å². The van der Waals surface area contributed by atoms with Crippen molar-refractivity contribution in [2.24, 2.45) is 0 Å². The summed E-state index contributed by atoms with van der Waals surface area (Å²) in [6.07, 6.45) is 0. The predicted molar refractivity (Wildman–Crippen MR) is 79.5 cm³/mol. The molecule has 0 saturated heterocycles. The minimum absolute atomic E-state index is 0.0393. The van der Waals surface area contributed by atoms with Crippen molar-refractivity contribution in [3.63, 3.8) is 0 Å². The van der Waals surface area contributed by atoms with Gasteiger partial charge in [0.2, 0.25) is 0 Å². The number of anilines is 2. The topological polar surface area (TPSA) is 64.3 Å². The largest absolute Gasteiger partial charge is 0.495 e. The molecule has 1 amide bonds. The highest BCUT2D eigenvalue weighted by Gasteiger charge is 2.12. The molecule has 0 fully saturated rings. The Balaban J connectivity index is 2.21. The van der Waals surface area contributed by atoms with E-state index < -0.39 is 11.7 Å². The van der Waals surface area contributed by atoms with Crippen molar-refractivity contribution in [3.05, 3.63) is 52.3 Å². The molecule has 0 bridgehead atoms. The molecule has 0 aliphatic carbocycles. The summed E-state index contributed by atoms with van der Waals surface area (Å²) >= 11 is 3.14. The van der Waals surface area contributed by atoms with Crippen LogP contribution in [-0.4, -0.2) is 13.0 Å². The highest BCUT2D eigenvalue weighted by molar-refractivity contribution is 9.10. The summed E-state index contributed by atoms with van der Waals surface area (Å²) in [5, 5.41) is 2.58. The molecule has 2 aromatic carbocycles. The summed E-state index contributed by atoms with van der Waals surface area (Å²) in [4.78, 5) is 12.0. The summed E-state index contributed by atoms with van der Waals surface area (Å²) in [5.74, 6) is -0.629. The highest BCUT2D eigenvalue weighted by Crippen LogP contribution is 2.25. The Morgan fingerprint density at radius 1 is 1.30 bits per heavy atom. The van der Waals surface area contributed by atoms with Crippen molar-refractivity contribution < 1.29 is 13.9 Å². The lowest BCUT2D eigenvalue weighted by Gasteiger charge is -2.09. The number of methoxy groups -OCH3 is 1. The molecule has 4 nitrogen and oxygen atoms in total. The number of rotatable bonds is 3. The standard InChI is InChI=1S/C14H12BrFN2O2/c1-20-13-5-3-9(7-12(13)17)18-14(19)10-4-2-8(15)6-11(10)16/h2-7H,17H2,1H3,(H,18,19). The molecule has 0 spiro atoms. The highest BCUT2D eigenvalue weighted by atomic mass is 79.9. The number of hydrogen-bond donors (Lipinski definition) is 2. The van der Waals surface area contributed by atoms with Gasteiger partial charge in [0.05, 0.1) is 18.4 Å². The molecule has 0 aliphatic heterocycles. The van der Waals surface area contributed by atoms with E-state index in [1.54, 1.807) is 24.3 Å². The van der Waals surface area contributed by atoms with Crippen LogP contribution in [0.15, 0.2) is 40.9 Å². The molecule has 0 atom stereocenters. The molecule has 0 radical (unpaired) electrons. The molecule has 0 aromatic heterocycles. The number of carbonyl (C=O) groups is 1. The van der Waals surface area contributed by atoms with Gasteiger partial charge in [-0.3, -0.25) is 4.79 Å². The molecule has 0 aliphatic rings. The quantitative estimate of drug-likeness (QED) is 0.842. The molecule has 3 N–H and O–H groups in total. The van der Waals surface area contributed by atoms with E-state index >= 15 is 0 Å². The molecule has 20 heavy (non-hydrogen) atoms. The minimum Gasteiger partial charge on any atom is -0.495 e. The Morgan fingerprint density at radius 2 is 2.05 bits per heavy atom. The monoisotopic (exact) mass is 338 g/mol. The number of ether oxygens (including phenoxy) is 1. The number of nitrogen functional groups attached to an aromatic ring is 1. The maximum atomic E-state index is 13.7. The molecular formula is C14H12BrFN2O2. The number of nitrogens with two attached hydrogens (primary N) is 1. The van der Waals surface area contributed by atoms with Crippen molar-refractivity contribution >= 4 is 33.2 Å². The van der Waals surface area contributed by atoms with Crippen molar-refractivity contribution in [1.82, 2.24) is 0 Å². The number of halogens is 2. The van der Waals surface area contributed by atoms with Gasteiger partial charge >= 0.3 is 0 Å². The summed E-state index contributed by atoms with van der Waals surface area (Å²) < 4.78 is 19.3. The number of amides is 1. The number of benzene rings is 2. The predicted octanol–water partition coefficient (Wildman–Crippen LogP) is 3.43. The van der Waals surface area contributed by atoms with Crippen LogP contribution in [0.5, 0.6) is 5.75 Å². The maximum Gasteiger partial charge on any atom is 0.258 e. The van der Waals surface area contributed by atoms with Gasteiger partial charge in [-0.25, -0.2) is 4.39 Å². The van der Waals surface area contributed by atoms with Gasteiger partial charge in [0.15, 0.2) is 0 Å². The van der Waals surface area contributed by atoms with Crippen LogP contribution in [0.25, 0.3) is 0 Å². The SMILES string of the molecule is COc1ccc(NC(=O)c2ccc(Br)cc2F)cc1N. The molecule has 0 heterocycles. The summed E-state index contributed by atoms with van der Waals surface area (Å²) in [6.45, 7) is 0. The van der Waals surface area contributed by atoms with E-state index in [0.717, 1.165) is 0 Å². The van der Waals surface area contributed by atoms with Crippen LogP contribution in [0.1, 0.15) is 10.4 Å². The molecule has 2 aromatic rings. The van der Waals surface area contributed by atoms with Gasteiger partial charge < -0.3 is 15.8 Å². The van der Waals surface area contributed by atoms with Gasteiger partial charge in [-0.1, -0.05) is 15.9 Å². The molecule has 0 unspecified atom stereocenters. The fraction of sp³-hybridized carbons (Fsp3) is 0.0714. The van der Waals surface area contributed by atoms with E-state index in [0.29, 0.717) is 21.6 Å². The lowest BCUT2D eigenvalue weighted by atomic mass is 10.2. The van der Waals surface area contributed by atoms with Crippen LogP contribution in [-0.2, 0) is 0 Å². The first-order chi connectivity index (χ1) is 9.51. The van der Waals surface area contributed by atoms with E-state index in [1.165, 1.54) is 19.2 Å². The van der Waals surface area contributed by atoms with E-state index in [4.69, 9.17) is 10.5 Å². The average Bonchev–Trinajstić information content (AvgIpc) is 2.38. The van der Waals surface area contributed by atoms with Crippen molar-refractivity contribution in [1.29, 1.82) is 0 Å². The first-order valence-electron chi connectivity index (χ1n) is 5.71. The van der Waals surface area contributed by atoms with Gasteiger partial charge in [0, 0.05) is 10.2 Å². The third kappa shape index (κ3) is 3.08. The van der Waals surface area contributed by atoms with Gasteiger partial charge in [-0.05, 0) is 36.4 Å². The fourth-order valence-electron chi connectivity index (χ4n) is 1.68. The van der Waals surface area contributed by atoms with E-state index in [9.17, 15) is 9.18 Å². The van der Waals surface area contributed by atoms with Crippen molar-refractivity contribution in [2.75, 3.05) is 18.2 Å². The van der Waals surface area contributed by atoms with E-state index in [-0.39, 0.29) is 5.56 Å². The zero-order chi connectivity index (χ0) is 14.7. The molecular weight excluding hydrogens is 327 g/mol. The molecule has 104 valence electrons. The lowest BCUT2D eigenvalue weighted by molar-refractivity contribution is 0.102. The summed E-state index contributed by atoms with van der Waals surface area (Å²) in [6, 6.07) is 9.04. The second-order valence-corrected chi connectivity index (χ2v) is 4.95. The third-order valence-corrected chi connectivity index (χ3v) is 3.16. The average molecular weight is 339 g/mol. The number of hydrogen-bond acceptors (Lipinski definition) is 3. The Bertz CT molecular complexity index is 662. The zero-order valence-electron chi connectivity index (χ0n) is 10.6. The lowest BCUT2D eigenvalue weighted by Crippen LogP contribution is -2.14. The first-order valence-corrected chi connectivity index (χ1v) is 6.50. The normalized spacial score (nSPS) is 10.2. The Morgan fingerprint density at radius 3 is 2.65 bits per heavy atom. The van der Waals surface area contributed by atoms with Crippen LogP contribution >= 0.6 is 15.9 Å². The molecule has 6 heteroatoms. The van der Waals surface area contributed by atoms with Crippen LogP contribution in [0.2, 0.25) is 0 Å². The number of nitrogens with one attached hydrogen (secondary N) is 1. The Hall–Kier alpha value is -2.08. The smallest absolute Gasteiger partial charge is 0.258 e.